The fourth-order valence-corrected chi connectivity index (χ4v) is 1.58. The Bertz CT molecular complexity index is 496. The van der Waals surface area contributed by atoms with Crippen LogP contribution in [0.2, 0.25) is 0 Å². The van der Waals surface area contributed by atoms with Gasteiger partial charge in [-0.1, -0.05) is 0 Å². The van der Waals surface area contributed by atoms with E-state index in [1.807, 2.05) is 0 Å². The third-order valence-electron chi connectivity index (χ3n) is 2.78. The van der Waals surface area contributed by atoms with Gasteiger partial charge in [-0.15, -0.1) is 0 Å². The summed E-state index contributed by atoms with van der Waals surface area (Å²) in [5.74, 6) is -0.566. The number of carbonyl (C=O) groups is 1. The Hall–Kier alpha value is -2.18. The van der Waals surface area contributed by atoms with Gasteiger partial charge in [-0.3, -0.25) is 10.1 Å². The zero-order valence-corrected chi connectivity index (χ0v) is 9.14. The molecule has 1 saturated carbocycles. The van der Waals surface area contributed by atoms with Crippen LogP contribution in [-0.4, -0.2) is 26.5 Å². The second kappa shape index (κ2) is 3.69. The zero-order chi connectivity index (χ0) is 12.6. The summed E-state index contributed by atoms with van der Waals surface area (Å²) in [7, 11) is 0. The second-order valence-electron chi connectivity index (χ2n) is 4.07. The van der Waals surface area contributed by atoms with E-state index in [4.69, 9.17) is 5.11 Å². The summed E-state index contributed by atoms with van der Waals surface area (Å²) in [5.41, 5.74) is -0.743. The van der Waals surface area contributed by atoms with Gasteiger partial charge in [0.05, 0.1) is 4.92 Å². The molecule has 0 unspecified atom stereocenters. The van der Waals surface area contributed by atoms with E-state index in [1.165, 1.54) is 19.1 Å². The minimum atomic E-state index is -0.935. The second-order valence-corrected chi connectivity index (χ2v) is 4.07. The fourth-order valence-electron chi connectivity index (χ4n) is 1.58. The summed E-state index contributed by atoms with van der Waals surface area (Å²) in [6.45, 7) is 1.52. The number of aliphatic carboxylic acids is 1. The number of carboxylic acid groups (broad SMARTS) is 1. The summed E-state index contributed by atoms with van der Waals surface area (Å²) in [6.07, 6.45) is 1.08. The Morgan fingerprint density at radius 3 is 2.65 bits per heavy atom. The van der Waals surface area contributed by atoms with Gasteiger partial charge in [-0.2, -0.15) is 0 Å². The molecular formula is C10H11N3O4. The average Bonchev–Trinajstić information content (AvgIpc) is 2.98. The number of rotatable bonds is 4. The summed E-state index contributed by atoms with van der Waals surface area (Å²) >= 11 is 0. The largest absolute Gasteiger partial charge is 0.480 e. The Morgan fingerprint density at radius 1 is 1.59 bits per heavy atom. The van der Waals surface area contributed by atoms with Crippen molar-refractivity contribution in [2.45, 2.75) is 25.3 Å². The van der Waals surface area contributed by atoms with E-state index in [0.29, 0.717) is 18.7 Å². The van der Waals surface area contributed by atoms with Crippen LogP contribution in [0.25, 0.3) is 0 Å². The number of nitrogens with one attached hydrogen (secondary N) is 1. The number of pyridine rings is 1. The summed E-state index contributed by atoms with van der Waals surface area (Å²) in [6, 6.07) is 2.75. The highest BCUT2D eigenvalue weighted by molar-refractivity contribution is 5.86. The molecule has 17 heavy (non-hydrogen) atoms. The minimum Gasteiger partial charge on any atom is -0.480 e. The molecule has 7 heteroatoms. The van der Waals surface area contributed by atoms with Gasteiger partial charge < -0.3 is 10.4 Å². The van der Waals surface area contributed by atoms with Crippen molar-refractivity contribution in [2.75, 3.05) is 5.32 Å². The van der Waals surface area contributed by atoms with Crippen LogP contribution < -0.4 is 5.32 Å². The van der Waals surface area contributed by atoms with Gasteiger partial charge >= 0.3 is 5.97 Å². The smallest absolute Gasteiger partial charge is 0.329 e. The number of aromatic nitrogens is 1. The van der Waals surface area contributed by atoms with E-state index in [0.717, 1.165) is 0 Å². The van der Waals surface area contributed by atoms with Crippen LogP contribution in [0, 0.1) is 17.0 Å². The van der Waals surface area contributed by atoms with Crippen LogP contribution >= 0.6 is 0 Å². The molecular weight excluding hydrogens is 226 g/mol. The average molecular weight is 237 g/mol. The van der Waals surface area contributed by atoms with E-state index in [9.17, 15) is 14.9 Å². The third kappa shape index (κ3) is 2.03. The molecule has 0 aliphatic heterocycles. The molecule has 0 bridgehead atoms. The molecule has 0 atom stereocenters. The van der Waals surface area contributed by atoms with Gasteiger partial charge in [0.15, 0.2) is 0 Å². The molecule has 0 aromatic carbocycles. The standard InChI is InChI=1S/C10H11N3O4/c1-6-7(13(16)17)2-3-8(11-6)12-10(4-5-10)9(14)15/h2-3H,4-5H2,1H3,(H,11,12)(H,14,15). The summed E-state index contributed by atoms with van der Waals surface area (Å²) in [4.78, 5) is 25.0. The van der Waals surface area contributed by atoms with Crippen molar-refractivity contribution < 1.29 is 14.8 Å². The van der Waals surface area contributed by atoms with Crippen LogP contribution in [-0.2, 0) is 4.79 Å². The Balaban J connectivity index is 2.22. The molecule has 1 aliphatic carbocycles. The van der Waals surface area contributed by atoms with Crippen molar-refractivity contribution in [3.05, 3.63) is 27.9 Å². The Morgan fingerprint density at radius 2 is 2.24 bits per heavy atom. The predicted molar refractivity (Wildman–Crippen MR) is 58.9 cm³/mol. The normalized spacial score (nSPS) is 16.3. The van der Waals surface area contributed by atoms with Crippen molar-refractivity contribution >= 4 is 17.5 Å². The van der Waals surface area contributed by atoms with Crippen molar-refractivity contribution in [1.29, 1.82) is 0 Å². The molecule has 0 spiro atoms. The fraction of sp³-hybridized carbons (Fsp3) is 0.400. The Labute approximate surface area is 96.6 Å². The maximum atomic E-state index is 10.9. The maximum absolute atomic E-state index is 10.9. The van der Waals surface area contributed by atoms with E-state index >= 15 is 0 Å². The van der Waals surface area contributed by atoms with Crippen LogP contribution in [0.1, 0.15) is 18.5 Å². The van der Waals surface area contributed by atoms with Crippen LogP contribution in [0.3, 0.4) is 0 Å². The lowest BCUT2D eigenvalue weighted by molar-refractivity contribution is -0.385. The number of aryl methyl sites for hydroxylation is 1. The third-order valence-corrected chi connectivity index (χ3v) is 2.78. The van der Waals surface area contributed by atoms with Gasteiger partial charge in [0.1, 0.15) is 17.1 Å². The van der Waals surface area contributed by atoms with Crippen molar-refractivity contribution in [3.8, 4) is 0 Å². The van der Waals surface area contributed by atoms with Gasteiger partial charge in [-0.25, -0.2) is 9.78 Å². The molecule has 1 aliphatic rings. The Kier molecular flexibility index (Phi) is 2.45. The lowest BCUT2D eigenvalue weighted by atomic mass is 10.2. The van der Waals surface area contributed by atoms with Crippen molar-refractivity contribution in [3.63, 3.8) is 0 Å². The first kappa shape index (κ1) is 11.3. The lowest BCUT2D eigenvalue weighted by Gasteiger charge is -2.13. The molecule has 1 aromatic rings. The highest BCUT2D eigenvalue weighted by atomic mass is 16.6. The first-order valence-corrected chi connectivity index (χ1v) is 5.08. The number of nitro groups is 1. The summed E-state index contributed by atoms with van der Waals surface area (Å²) in [5, 5.41) is 22.4. The topological polar surface area (TPSA) is 105 Å². The van der Waals surface area contributed by atoms with E-state index in [1.54, 1.807) is 0 Å². The number of hydrogen-bond donors (Lipinski definition) is 2. The molecule has 0 saturated heterocycles. The first-order valence-electron chi connectivity index (χ1n) is 5.08. The first-order chi connectivity index (χ1) is 7.94. The summed E-state index contributed by atoms with van der Waals surface area (Å²) < 4.78 is 0. The maximum Gasteiger partial charge on any atom is 0.329 e. The van der Waals surface area contributed by atoms with Crippen LogP contribution in [0.15, 0.2) is 12.1 Å². The molecule has 0 radical (unpaired) electrons. The highest BCUT2D eigenvalue weighted by Crippen LogP contribution is 2.39. The van der Waals surface area contributed by atoms with Gasteiger partial charge in [0.25, 0.3) is 5.69 Å². The predicted octanol–water partition coefficient (Wildman–Crippen LogP) is 1.33. The molecule has 1 fully saturated rings. The minimum absolute atomic E-state index is 0.0734. The van der Waals surface area contributed by atoms with E-state index < -0.39 is 16.4 Å². The lowest BCUT2D eigenvalue weighted by Crippen LogP contribution is -2.31. The molecule has 0 amide bonds. The van der Waals surface area contributed by atoms with Crippen molar-refractivity contribution in [2.24, 2.45) is 0 Å². The van der Waals surface area contributed by atoms with E-state index in [2.05, 4.69) is 10.3 Å². The highest BCUT2D eigenvalue weighted by Gasteiger charge is 2.50. The number of nitrogens with zero attached hydrogens (tertiary/aromatic N) is 2. The molecule has 7 nitrogen and oxygen atoms in total. The van der Waals surface area contributed by atoms with Gasteiger partial charge in [0, 0.05) is 6.07 Å². The molecule has 90 valence electrons. The van der Waals surface area contributed by atoms with E-state index in [-0.39, 0.29) is 11.4 Å². The monoisotopic (exact) mass is 237 g/mol. The number of hydrogen-bond acceptors (Lipinski definition) is 5. The number of anilines is 1. The van der Waals surface area contributed by atoms with Crippen LogP contribution in [0.4, 0.5) is 11.5 Å². The zero-order valence-electron chi connectivity index (χ0n) is 9.14. The SMILES string of the molecule is Cc1nc(NC2(C(=O)O)CC2)ccc1[N+](=O)[O-]. The number of carboxylic acids is 1. The van der Waals surface area contributed by atoms with Crippen molar-refractivity contribution in [1.82, 2.24) is 4.98 Å². The van der Waals surface area contributed by atoms with Gasteiger partial charge in [0.2, 0.25) is 0 Å². The molecule has 2 rings (SSSR count). The molecule has 1 heterocycles. The quantitative estimate of drug-likeness (QED) is 0.604. The van der Waals surface area contributed by atoms with Gasteiger partial charge in [-0.05, 0) is 25.8 Å². The molecule has 2 N–H and O–H groups in total. The van der Waals surface area contributed by atoms with Crippen LogP contribution in [0.5, 0.6) is 0 Å². The molecule has 1 aromatic heterocycles.